The van der Waals surface area contributed by atoms with E-state index in [1.54, 1.807) is 10.9 Å². The maximum absolute atomic E-state index is 12.3. The van der Waals surface area contributed by atoms with Crippen LogP contribution in [-0.4, -0.2) is 58.0 Å². The number of carbonyl (C=O) groups excluding carboxylic acids is 1. The number of ether oxygens (including phenoxy) is 1. The van der Waals surface area contributed by atoms with Crippen molar-refractivity contribution in [2.24, 2.45) is 13.0 Å². The van der Waals surface area contributed by atoms with E-state index >= 15 is 0 Å². The zero-order valence-electron chi connectivity index (χ0n) is 18.6. The van der Waals surface area contributed by atoms with Gasteiger partial charge in [-0.25, -0.2) is 0 Å². The summed E-state index contributed by atoms with van der Waals surface area (Å²) in [6.07, 6.45) is 4.59. The summed E-state index contributed by atoms with van der Waals surface area (Å²) in [5.41, 5.74) is 2.52. The highest BCUT2D eigenvalue weighted by molar-refractivity contribution is 9.10. The van der Waals surface area contributed by atoms with Gasteiger partial charge in [0, 0.05) is 44.4 Å². The number of benzene rings is 1. The number of aromatic nitrogens is 2. The molecule has 3 rings (SSSR count). The number of anilines is 1. The van der Waals surface area contributed by atoms with E-state index in [4.69, 9.17) is 4.74 Å². The van der Waals surface area contributed by atoms with E-state index in [9.17, 15) is 9.90 Å². The SMILES string of the molecule is CC(C)CCC(=O)Nc1ccc(OCCN2CCC(O)CC2)c(-c2c(Br)cnn2C)c1. The number of nitrogens with zero attached hydrogens (tertiary/aromatic N) is 3. The zero-order valence-corrected chi connectivity index (χ0v) is 20.2. The number of amides is 1. The molecule has 0 unspecified atom stereocenters. The lowest BCUT2D eigenvalue weighted by Crippen LogP contribution is -2.38. The highest BCUT2D eigenvalue weighted by Gasteiger charge is 2.19. The molecule has 0 radical (unpaired) electrons. The molecule has 31 heavy (non-hydrogen) atoms. The van der Waals surface area contributed by atoms with Crippen molar-refractivity contribution in [2.45, 2.75) is 45.6 Å². The van der Waals surface area contributed by atoms with Crippen LogP contribution >= 0.6 is 15.9 Å². The Morgan fingerprint density at radius 3 is 2.74 bits per heavy atom. The average molecular weight is 493 g/mol. The van der Waals surface area contributed by atoms with Crippen LogP contribution < -0.4 is 10.1 Å². The van der Waals surface area contributed by atoms with Crippen molar-refractivity contribution in [1.82, 2.24) is 14.7 Å². The number of rotatable bonds is 9. The van der Waals surface area contributed by atoms with Gasteiger partial charge in [-0.1, -0.05) is 13.8 Å². The Morgan fingerprint density at radius 1 is 1.35 bits per heavy atom. The molecular weight excluding hydrogens is 460 g/mol. The summed E-state index contributed by atoms with van der Waals surface area (Å²) in [5.74, 6) is 1.26. The minimum atomic E-state index is -0.172. The van der Waals surface area contributed by atoms with Crippen molar-refractivity contribution in [2.75, 3.05) is 31.6 Å². The second-order valence-corrected chi connectivity index (χ2v) is 9.43. The smallest absolute Gasteiger partial charge is 0.224 e. The summed E-state index contributed by atoms with van der Waals surface area (Å²) < 4.78 is 8.82. The van der Waals surface area contributed by atoms with Crippen LogP contribution in [-0.2, 0) is 11.8 Å². The lowest BCUT2D eigenvalue weighted by molar-refractivity contribution is -0.116. The zero-order chi connectivity index (χ0) is 22.4. The molecule has 2 N–H and O–H groups in total. The minimum absolute atomic E-state index is 0.0182. The van der Waals surface area contributed by atoms with Crippen LogP contribution in [0.3, 0.4) is 0 Å². The number of aliphatic hydroxyl groups excluding tert-OH is 1. The summed E-state index contributed by atoms with van der Waals surface area (Å²) in [6.45, 7) is 7.38. The third-order valence-corrected chi connectivity index (χ3v) is 6.16. The van der Waals surface area contributed by atoms with Crippen LogP contribution in [0.15, 0.2) is 28.9 Å². The molecule has 2 heterocycles. The number of hydrogen-bond donors (Lipinski definition) is 2. The van der Waals surface area contributed by atoms with Gasteiger partial charge in [0.05, 0.1) is 22.5 Å². The molecule has 0 aliphatic carbocycles. The van der Waals surface area contributed by atoms with Gasteiger partial charge in [0.25, 0.3) is 0 Å². The van der Waals surface area contributed by atoms with Gasteiger partial charge in [0.15, 0.2) is 0 Å². The van der Waals surface area contributed by atoms with Crippen LogP contribution in [0.25, 0.3) is 11.3 Å². The molecule has 1 fully saturated rings. The van der Waals surface area contributed by atoms with Crippen LogP contribution in [0.4, 0.5) is 5.69 Å². The number of halogens is 1. The first-order valence-corrected chi connectivity index (χ1v) is 11.8. The second-order valence-electron chi connectivity index (χ2n) is 8.58. The first-order valence-electron chi connectivity index (χ1n) is 11.0. The molecule has 2 aromatic rings. The Kier molecular flexibility index (Phi) is 8.51. The van der Waals surface area contributed by atoms with Crippen molar-refractivity contribution in [3.63, 3.8) is 0 Å². The monoisotopic (exact) mass is 492 g/mol. The van der Waals surface area contributed by atoms with Gasteiger partial charge in [-0.15, -0.1) is 0 Å². The maximum Gasteiger partial charge on any atom is 0.224 e. The van der Waals surface area contributed by atoms with Crippen molar-refractivity contribution in [3.05, 3.63) is 28.9 Å². The first-order chi connectivity index (χ1) is 14.8. The Bertz CT molecular complexity index is 856. The van der Waals surface area contributed by atoms with Gasteiger partial charge in [0.1, 0.15) is 12.4 Å². The van der Waals surface area contributed by atoms with E-state index in [2.05, 4.69) is 45.1 Å². The molecule has 0 atom stereocenters. The summed E-state index contributed by atoms with van der Waals surface area (Å²) in [4.78, 5) is 14.6. The predicted molar refractivity (Wildman–Crippen MR) is 126 cm³/mol. The van der Waals surface area contributed by atoms with Crippen LogP contribution in [0.1, 0.15) is 39.5 Å². The third-order valence-electron chi connectivity index (χ3n) is 5.58. The molecule has 1 saturated heterocycles. The van der Waals surface area contributed by atoms with Crippen molar-refractivity contribution >= 4 is 27.5 Å². The summed E-state index contributed by atoms with van der Waals surface area (Å²) in [5, 5.41) is 17.0. The van der Waals surface area contributed by atoms with Gasteiger partial charge in [-0.05, 0) is 59.3 Å². The number of hydrogen-bond acceptors (Lipinski definition) is 5. The van der Waals surface area contributed by atoms with Gasteiger partial charge in [-0.2, -0.15) is 5.10 Å². The number of piperidine rings is 1. The number of nitrogens with one attached hydrogen (secondary N) is 1. The van der Waals surface area contributed by atoms with Crippen molar-refractivity contribution < 1.29 is 14.6 Å². The minimum Gasteiger partial charge on any atom is -0.492 e. The molecule has 1 aromatic heterocycles. The molecule has 1 aliphatic rings. The third kappa shape index (κ3) is 6.79. The topological polar surface area (TPSA) is 79.6 Å². The van der Waals surface area contributed by atoms with Gasteiger partial charge in [-0.3, -0.25) is 14.4 Å². The molecule has 0 bridgehead atoms. The van der Waals surface area contributed by atoms with Crippen LogP contribution in [0.2, 0.25) is 0 Å². The molecule has 7 nitrogen and oxygen atoms in total. The van der Waals surface area contributed by atoms with Crippen molar-refractivity contribution in [1.29, 1.82) is 0 Å². The van der Waals surface area contributed by atoms with Gasteiger partial charge < -0.3 is 15.2 Å². The van der Waals surface area contributed by atoms with Crippen molar-refractivity contribution in [3.8, 4) is 17.0 Å². The van der Waals surface area contributed by atoms with E-state index in [-0.39, 0.29) is 12.0 Å². The Hall–Kier alpha value is -1.90. The quantitative estimate of drug-likeness (QED) is 0.551. The molecule has 0 saturated carbocycles. The Morgan fingerprint density at radius 2 is 2.10 bits per heavy atom. The van der Waals surface area contributed by atoms with E-state index in [0.717, 1.165) is 66.1 Å². The normalized spacial score (nSPS) is 15.4. The second kappa shape index (κ2) is 11.1. The largest absolute Gasteiger partial charge is 0.492 e. The van der Waals surface area contributed by atoms with E-state index in [1.165, 1.54) is 0 Å². The molecule has 1 aliphatic heterocycles. The molecule has 1 amide bonds. The highest BCUT2D eigenvalue weighted by atomic mass is 79.9. The molecule has 8 heteroatoms. The van der Waals surface area contributed by atoms with Crippen LogP contribution in [0, 0.1) is 5.92 Å². The predicted octanol–water partition coefficient (Wildman–Crippen LogP) is 4.06. The summed E-state index contributed by atoms with van der Waals surface area (Å²) >= 11 is 3.58. The summed E-state index contributed by atoms with van der Waals surface area (Å²) in [6, 6.07) is 5.74. The Labute approximate surface area is 192 Å². The summed E-state index contributed by atoms with van der Waals surface area (Å²) in [7, 11) is 1.89. The fourth-order valence-corrected chi connectivity index (χ4v) is 4.27. The van der Waals surface area contributed by atoms with Gasteiger partial charge >= 0.3 is 0 Å². The number of likely N-dealkylation sites (tertiary alicyclic amines) is 1. The molecular formula is C23H33BrN4O3. The van der Waals surface area contributed by atoms with Gasteiger partial charge in [0.2, 0.25) is 5.91 Å². The molecule has 170 valence electrons. The standard InChI is InChI=1S/C23H33BrN4O3/c1-16(2)4-7-22(30)26-17-5-6-21(19(14-17)23-20(24)15-25-27(23)3)31-13-12-28-10-8-18(29)9-11-28/h5-6,14-16,18,29H,4,7-13H2,1-3H3,(H,26,30). The first kappa shape index (κ1) is 23.8. The maximum atomic E-state index is 12.3. The highest BCUT2D eigenvalue weighted by Crippen LogP contribution is 2.36. The van der Waals surface area contributed by atoms with Crippen LogP contribution in [0.5, 0.6) is 5.75 Å². The van der Waals surface area contributed by atoms with E-state index < -0.39 is 0 Å². The van der Waals surface area contributed by atoms with E-state index in [1.807, 2.05) is 25.2 Å². The van der Waals surface area contributed by atoms with E-state index in [0.29, 0.717) is 18.9 Å². The number of aryl methyl sites for hydroxylation is 1. The molecule has 1 aromatic carbocycles. The number of carbonyl (C=O) groups is 1. The lowest BCUT2D eigenvalue weighted by Gasteiger charge is -2.29. The lowest BCUT2D eigenvalue weighted by atomic mass is 10.1. The fourth-order valence-electron chi connectivity index (χ4n) is 3.70. The molecule has 0 spiro atoms. The fraction of sp³-hybridized carbons (Fsp3) is 0.565. The Balaban J connectivity index is 1.72. The number of aliphatic hydroxyl groups is 1. The average Bonchev–Trinajstić information content (AvgIpc) is 3.07.